The van der Waals surface area contributed by atoms with Gasteiger partial charge >= 0.3 is 0 Å². The average Bonchev–Trinajstić information content (AvgIpc) is 3.45. The smallest absolute Gasteiger partial charge is 0.257 e. The predicted octanol–water partition coefficient (Wildman–Crippen LogP) is 4.22. The lowest BCUT2D eigenvalue weighted by molar-refractivity contribution is -0.129. The van der Waals surface area contributed by atoms with Gasteiger partial charge in [-0.3, -0.25) is 19.7 Å². The van der Waals surface area contributed by atoms with E-state index >= 15 is 0 Å². The number of carbonyl (C=O) groups is 3. The molecule has 1 aliphatic rings. The first-order valence-corrected chi connectivity index (χ1v) is 12.2. The molecule has 11 heteroatoms. The molecule has 9 nitrogen and oxygen atoms in total. The largest absolute Gasteiger partial charge is 0.486 e. The Morgan fingerprint density at radius 1 is 1.11 bits per heavy atom. The van der Waals surface area contributed by atoms with E-state index in [1.54, 1.807) is 53.4 Å². The molecule has 2 heterocycles. The molecular weight excluding hydrogens is 490 g/mol. The zero-order valence-corrected chi connectivity index (χ0v) is 20.7. The van der Waals surface area contributed by atoms with Crippen molar-refractivity contribution in [3.8, 4) is 5.75 Å². The number of nitrogens with zero attached hydrogens (tertiary/aromatic N) is 3. The van der Waals surface area contributed by atoms with Gasteiger partial charge in [-0.05, 0) is 62.4 Å². The van der Waals surface area contributed by atoms with Gasteiger partial charge in [0, 0.05) is 35.3 Å². The van der Waals surface area contributed by atoms with Crippen LogP contribution in [0.5, 0.6) is 5.75 Å². The van der Waals surface area contributed by atoms with Gasteiger partial charge in [-0.2, -0.15) is 0 Å². The molecule has 1 unspecified atom stereocenters. The van der Waals surface area contributed by atoms with Gasteiger partial charge < -0.3 is 15.0 Å². The van der Waals surface area contributed by atoms with Crippen molar-refractivity contribution in [3.05, 3.63) is 64.1 Å². The number of nitrogens with one attached hydrogen (secondary N) is 2. The molecule has 0 radical (unpaired) electrons. The molecule has 1 aromatic heterocycles. The molecule has 182 valence electrons. The van der Waals surface area contributed by atoms with Gasteiger partial charge in [0.25, 0.3) is 5.91 Å². The molecule has 0 spiro atoms. The maximum absolute atomic E-state index is 12.6. The second-order valence-corrected chi connectivity index (χ2v) is 9.80. The highest BCUT2D eigenvalue weighted by atomic mass is 35.5. The highest BCUT2D eigenvalue weighted by Crippen LogP contribution is 2.23. The minimum atomic E-state index is -0.386. The van der Waals surface area contributed by atoms with Gasteiger partial charge in [0.05, 0.1) is 5.92 Å². The third kappa shape index (κ3) is 6.34. The lowest BCUT2D eigenvalue weighted by Gasteiger charge is -2.20. The maximum atomic E-state index is 12.6. The first kappa shape index (κ1) is 24.6. The molecule has 1 atom stereocenters. The zero-order chi connectivity index (χ0) is 24.9. The van der Waals surface area contributed by atoms with E-state index in [4.69, 9.17) is 16.3 Å². The van der Waals surface area contributed by atoms with Gasteiger partial charge in [-0.25, -0.2) is 0 Å². The lowest BCUT2D eigenvalue weighted by Crippen LogP contribution is -2.33. The van der Waals surface area contributed by atoms with Crippen LogP contribution in [-0.2, 0) is 16.2 Å². The molecule has 1 saturated heterocycles. The van der Waals surface area contributed by atoms with Crippen molar-refractivity contribution in [2.75, 3.05) is 17.2 Å². The standard InChI is InChI=1S/C24H24ClN5O4S/c1-14(2)30-12-16(11-21(30)31)23(33)26-18-7-3-15(4-8-18)22(32)27-24-29-28-20(35-24)13-34-19-9-5-17(25)6-10-19/h3-10,14,16H,11-13H2,1-2H3,(H,26,33)(H,27,29,32). The predicted molar refractivity (Wildman–Crippen MR) is 134 cm³/mol. The molecule has 0 aliphatic carbocycles. The molecule has 4 rings (SSSR count). The summed E-state index contributed by atoms with van der Waals surface area (Å²) in [5, 5.41) is 15.1. The number of ether oxygens (including phenoxy) is 1. The Kier molecular flexibility index (Phi) is 7.62. The third-order valence-electron chi connectivity index (χ3n) is 5.43. The molecule has 1 fully saturated rings. The van der Waals surface area contributed by atoms with E-state index in [0.29, 0.717) is 38.7 Å². The van der Waals surface area contributed by atoms with E-state index in [2.05, 4.69) is 20.8 Å². The van der Waals surface area contributed by atoms with Gasteiger partial charge in [0.2, 0.25) is 16.9 Å². The van der Waals surface area contributed by atoms with Crippen molar-refractivity contribution in [3.63, 3.8) is 0 Å². The number of amides is 3. The molecule has 0 saturated carbocycles. The van der Waals surface area contributed by atoms with E-state index in [9.17, 15) is 14.4 Å². The number of rotatable bonds is 8. The fraction of sp³-hybridized carbons (Fsp3) is 0.292. The molecule has 3 aromatic rings. The van der Waals surface area contributed by atoms with Crippen LogP contribution in [0.15, 0.2) is 48.5 Å². The van der Waals surface area contributed by atoms with Crippen molar-refractivity contribution in [2.45, 2.75) is 32.9 Å². The maximum Gasteiger partial charge on any atom is 0.257 e. The van der Waals surface area contributed by atoms with E-state index in [1.807, 2.05) is 13.8 Å². The molecular formula is C24H24ClN5O4S. The molecule has 3 amide bonds. The highest BCUT2D eigenvalue weighted by molar-refractivity contribution is 7.15. The van der Waals surface area contributed by atoms with Crippen molar-refractivity contribution in [1.82, 2.24) is 15.1 Å². The van der Waals surface area contributed by atoms with E-state index in [0.717, 1.165) is 0 Å². The van der Waals surface area contributed by atoms with Gasteiger partial charge in [-0.15, -0.1) is 10.2 Å². The number of likely N-dealkylation sites (tertiary alicyclic amines) is 1. The number of carbonyl (C=O) groups excluding carboxylic acids is 3. The minimum absolute atomic E-state index is 0.0106. The van der Waals surface area contributed by atoms with Crippen molar-refractivity contribution >= 4 is 51.5 Å². The fourth-order valence-corrected chi connectivity index (χ4v) is 4.34. The van der Waals surface area contributed by atoms with Crippen LogP contribution in [0.4, 0.5) is 10.8 Å². The lowest BCUT2D eigenvalue weighted by atomic mass is 10.1. The Hall–Kier alpha value is -3.50. The van der Waals surface area contributed by atoms with Crippen LogP contribution in [0.2, 0.25) is 5.02 Å². The number of benzene rings is 2. The Bertz CT molecular complexity index is 1210. The van der Waals surface area contributed by atoms with Crippen molar-refractivity contribution in [1.29, 1.82) is 0 Å². The Balaban J connectivity index is 1.28. The first-order chi connectivity index (χ1) is 16.8. The summed E-state index contributed by atoms with van der Waals surface area (Å²) in [5.41, 5.74) is 0.957. The summed E-state index contributed by atoms with van der Waals surface area (Å²) >= 11 is 7.07. The molecule has 2 aromatic carbocycles. The molecule has 0 bridgehead atoms. The van der Waals surface area contributed by atoms with Gasteiger partial charge in [-0.1, -0.05) is 22.9 Å². The number of halogens is 1. The SMILES string of the molecule is CC(C)N1CC(C(=O)Nc2ccc(C(=O)Nc3nnc(COc4ccc(Cl)cc4)s3)cc2)CC1=O. The quantitative estimate of drug-likeness (QED) is 0.466. The number of aromatic nitrogens is 2. The van der Waals surface area contributed by atoms with Crippen LogP contribution in [0.25, 0.3) is 0 Å². The van der Waals surface area contributed by atoms with Crippen LogP contribution in [0, 0.1) is 5.92 Å². The van der Waals surface area contributed by atoms with Crippen molar-refractivity contribution in [2.24, 2.45) is 5.92 Å². The van der Waals surface area contributed by atoms with Crippen LogP contribution in [0.3, 0.4) is 0 Å². The third-order valence-corrected chi connectivity index (χ3v) is 6.49. The van der Waals surface area contributed by atoms with E-state index in [1.165, 1.54) is 11.3 Å². The summed E-state index contributed by atoms with van der Waals surface area (Å²) in [6.07, 6.45) is 0.207. The minimum Gasteiger partial charge on any atom is -0.486 e. The van der Waals surface area contributed by atoms with Crippen LogP contribution >= 0.6 is 22.9 Å². The second kappa shape index (κ2) is 10.8. The summed E-state index contributed by atoms with van der Waals surface area (Å²) in [4.78, 5) is 38.9. The fourth-order valence-electron chi connectivity index (χ4n) is 3.56. The summed E-state index contributed by atoms with van der Waals surface area (Å²) in [7, 11) is 0. The van der Waals surface area contributed by atoms with Crippen LogP contribution < -0.4 is 15.4 Å². The van der Waals surface area contributed by atoms with Crippen LogP contribution in [-0.4, -0.2) is 45.4 Å². The molecule has 2 N–H and O–H groups in total. The molecule has 35 heavy (non-hydrogen) atoms. The highest BCUT2D eigenvalue weighted by Gasteiger charge is 2.35. The zero-order valence-electron chi connectivity index (χ0n) is 19.2. The van der Waals surface area contributed by atoms with Crippen molar-refractivity contribution < 1.29 is 19.1 Å². The average molecular weight is 514 g/mol. The number of anilines is 2. The first-order valence-electron chi connectivity index (χ1n) is 11.0. The monoisotopic (exact) mass is 513 g/mol. The van der Waals surface area contributed by atoms with Gasteiger partial charge in [0.1, 0.15) is 12.4 Å². The number of hydrogen-bond donors (Lipinski definition) is 2. The van der Waals surface area contributed by atoms with E-state index in [-0.39, 0.29) is 42.7 Å². The molecule has 1 aliphatic heterocycles. The second-order valence-electron chi connectivity index (χ2n) is 8.31. The number of hydrogen-bond acceptors (Lipinski definition) is 7. The Morgan fingerprint density at radius 2 is 1.83 bits per heavy atom. The van der Waals surface area contributed by atoms with Gasteiger partial charge in [0.15, 0.2) is 5.01 Å². The van der Waals surface area contributed by atoms with E-state index < -0.39 is 0 Å². The summed E-state index contributed by atoms with van der Waals surface area (Å²) in [6, 6.07) is 13.6. The van der Waals surface area contributed by atoms with Crippen LogP contribution in [0.1, 0.15) is 35.6 Å². The Morgan fingerprint density at radius 3 is 2.49 bits per heavy atom. The Labute approximate surface area is 211 Å². The normalized spacial score (nSPS) is 15.4. The topological polar surface area (TPSA) is 114 Å². The summed E-state index contributed by atoms with van der Waals surface area (Å²) in [5.74, 6) is -0.301. The summed E-state index contributed by atoms with van der Waals surface area (Å²) < 4.78 is 5.64. The summed E-state index contributed by atoms with van der Waals surface area (Å²) in [6.45, 7) is 4.49.